The molecule has 0 spiro atoms. The van der Waals surface area contributed by atoms with Crippen molar-refractivity contribution >= 4 is 17.3 Å². The van der Waals surface area contributed by atoms with Crippen LogP contribution in [0.1, 0.15) is 22.8 Å². The van der Waals surface area contributed by atoms with Crippen molar-refractivity contribution in [3.8, 4) is 5.75 Å². The molecule has 4 nitrogen and oxygen atoms in total. The fourth-order valence-electron chi connectivity index (χ4n) is 2.28. The standard InChI is InChI=1S/C17H20N2O2/c1-4-19(14-7-5-6-12(2)10-14)17(20)15-11-13(18)8-9-16(15)21-3/h5-11H,4,18H2,1-3H3. The number of carbonyl (C=O) groups excluding carboxylic acids is 1. The summed E-state index contributed by atoms with van der Waals surface area (Å²) in [5.41, 5.74) is 8.79. The monoisotopic (exact) mass is 284 g/mol. The van der Waals surface area contributed by atoms with Gasteiger partial charge in [-0.25, -0.2) is 0 Å². The van der Waals surface area contributed by atoms with Crippen LogP contribution in [-0.2, 0) is 0 Å². The molecule has 0 heterocycles. The lowest BCUT2D eigenvalue weighted by Gasteiger charge is -2.22. The van der Waals surface area contributed by atoms with Gasteiger partial charge in [-0.2, -0.15) is 0 Å². The highest BCUT2D eigenvalue weighted by Gasteiger charge is 2.20. The molecule has 4 heteroatoms. The number of nitrogens with zero attached hydrogens (tertiary/aromatic N) is 1. The molecule has 0 aliphatic carbocycles. The zero-order valence-corrected chi connectivity index (χ0v) is 12.6. The topological polar surface area (TPSA) is 55.6 Å². The van der Waals surface area contributed by atoms with Crippen molar-refractivity contribution in [1.29, 1.82) is 0 Å². The minimum atomic E-state index is -0.118. The lowest BCUT2D eigenvalue weighted by atomic mass is 10.1. The fraction of sp³-hybridized carbons (Fsp3) is 0.235. The first-order chi connectivity index (χ1) is 10.1. The van der Waals surface area contributed by atoms with E-state index in [1.165, 1.54) is 0 Å². The van der Waals surface area contributed by atoms with E-state index < -0.39 is 0 Å². The summed E-state index contributed by atoms with van der Waals surface area (Å²) in [6.45, 7) is 4.52. The molecule has 0 aliphatic heterocycles. The van der Waals surface area contributed by atoms with E-state index in [0.717, 1.165) is 11.3 Å². The maximum Gasteiger partial charge on any atom is 0.262 e. The highest BCUT2D eigenvalue weighted by atomic mass is 16.5. The van der Waals surface area contributed by atoms with Gasteiger partial charge in [-0.1, -0.05) is 12.1 Å². The van der Waals surface area contributed by atoms with Crippen LogP contribution in [0, 0.1) is 6.92 Å². The van der Waals surface area contributed by atoms with Gasteiger partial charge in [0.05, 0.1) is 12.7 Å². The van der Waals surface area contributed by atoms with E-state index in [1.807, 2.05) is 38.1 Å². The van der Waals surface area contributed by atoms with Gasteiger partial charge in [0.15, 0.2) is 0 Å². The van der Waals surface area contributed by atoms with Gasteiger partial charge in [-0.05, 0) is 49.7 Å². The minimum absolute atomic E-state index is 0.118. The van der Waals surface area contributed by atoms with Crippen LogP contribution < -0.4 is 15.4 Å². The van der Waals surface area contributed by atoms with Crippen molar-refractivity contribution in [3.05, 3.63) is 53.6 Å². The lowest BCUT2D eigenvalue weighted by Crippen LogP contribution is -2.31. The predicted octanol–water partition coefficient (Wildman–Crippen LogP) is 3.25. The van der Waals surface area contributed by atoms with Gasteiger partial charge in [0, 0.05) is 17.9 Å². The Hall–Kier alpha value is -2.49. The zero-order chi connectivity index (χ0) is 15.4. The van der Waals surface area contributed by atoms with Gasteiger partial charge in [-0.3, -0.25) is 4.79 Å². The molecule has 1 amide bonds. The zero-order valence-electron chi connectivity index (χ0n) is 12.6. The molecule has 2 N–H and O–H groups in total. The molecule has 0 saturated heterocycles. The summed E-state index contributed by atoms with van der Waals surface area (Å²) >= 11 is 0. The molecule has 0 radical (unpaired) electrons. The molecule has 0 aliphatic rings. The van der Waals surface area contributed by atoms with Crippen molar-refractivity contribution in [2.24, 2.45) is 0 Å². The van der Waals surface area contributed by atoms with E-state index in [-0.39, 0.29) is 5.91 Å². The first-order valence-corrected chi connectivity index (χ1v) is 6.89. The number of nitrogens with two attached hydrogens (primary N) is 1. The summed E-state index contributed by atoms with van der Waals surface area (Å²) in [6.07, 6.45) is 0. The van der Waals surface area contributed by atoms with E-state index in [9.17, 15) is 4.79 Å². The number of carbonyl (C=O) groups is 1. The second kappa shape index (κ2) is 6.31. The van der Waals surface area contributed by atoms with Gasteiger partial charge >= 0.3 is 0 Å². The molecular formula is C17H20N2O2. The molecule has 0 aromatic heterocycles. The third kappa shape index (κ3) is 3.16. The van der Waals surface area contributed by atoms with Crippen LogP contribution in [0.2, 0.25) is 0 Å². The van der Waals surface area contributed by atoms with Crippen LogP contribution in [0.4, 0.5) is 11.4 Å². The van der Waals surface area contributed by atoms with E-state index in [1.54, 1.807) is 30.2 Å². The average Bonchev–Trinajstić information content (AvgIpc) is 2.48. The van der Waals surface area contributed by atoms with Crippen LogP contribution in [0.3, 0.4) is 0 Å². The molecule has 21 heavy (non-hydrogen) atoms. The smallest absolute Gasteiger partial charge is 0.262 e. The van der Waals surface area contributed by atoms with Gasteiger partial charge in [-0.15, -0.1) is 0 Å². The molecular weight excluding hydrogens is 264 g/mol. The fourth-order valence-corrected chi connectivity index (χ4v) is 2.28. The largest absolute Gasteiger partial charge is 0.496 e. The van der Waals surface area contributed by atoms with Gasteiger partial charge in [0.25, 0.3) is 5.91 Å². The number of rotatable bonds is 4. The summed E-state index contributed by atoms with van der Waals surface area (Å²) in [5.74, 6) is 0.410. The lowest BCUT2D eigenvalue weighted by molar-refractivity contribution is 0.0985. The van der Waals surface area contributed by atoms with Gasteiger partial charge in [0.2, 0.25) is 0 Å². The Morgan fingerprint density at radius 3 is 2.62 bits per heavy atom. The third-order valence-corrected chi connectivity index (χ3v) is 3.33. The molecule has 0 atom stereocenters. The number of hydrogen-bond donors (Lipinski definition) is 1. The summed E-state index contributed by atoms with van der Waals surface area (Å²) in [6, 6.07) is 12.9. The highest BCUT2D eigenvalue weighted by Crippen LogP contribution is 2.25. The quantitative estimate of drug-likeness (QED) is 0.877. The first kappa shape index (κ1) is 14.9. The van der Waals surface area contributed by atoms with Crippen molar-refractivity contribution in [2.45, 2.75) is 13.8 Å². The van der Waals surface area contributed by atoms with E-state index >= 15 is 0 Å². The Kier molecular flexibility index (Phi) is 4.48. The summed E-state index contributed by atoms with van der Waals surface area (Å²) in [7, 11) is 1.55. The van der Waals surface area contributed by atoms with Crippen LogP contribution in [0.5, 0.6) is 5.75 Å². The number of nitrogen functional groups attached to an aromatic ring is 1. The summed E-state index contributed by atoms with van der Waals surface area (Å²) in [5, 5.41) is 0. The SMILES string of the molecule is CCN(C(=O)c1cc(N)ccc1OC)c1cccc(C)c1. The van der Waals surface area contributed by atoms with Gasteiger partial charge < -0.3 is 15.4 Å². The Labute approximate surface area is 125 Å². The van der Waals surface area contributed by atoms with E-state index in [4.69, 9.17) is 10.5 Å². The Balaban J connectivity index is 2.43. The summed E-state index contributed by atoms with van der Waals surface area (Å²) in [4.78, 5) is 14.5. The molecule has 0 unspecified atom stereocenters. The van der Waals surface area contributed by atoms with Crippen molar-refractivity contribution in [3.63, 3.8) is 0 Å². The van der Waals surface area contributed by atoms with Gasteiger partial charge in [0.1, 0.15) is 5.75 Å². The van der Waals surface area contributed by atoms with Crippen LogP contribution in [0.15, 0.2) is 42.5 Å². The summed E-state index contributed by atoms with van der Waals surface area (Å²) < 4.78 is 5.27. The number of benzene rings is 2. The second-order valence-electron chi connectivity index (χ2n) is 4.85. The number of hydrogen-bond acceptors (Lipinski definition) is 3. The molecule has 0 bridgehead atoms. The Morgan fingerprint density at radius 2 is 2.00 bits per heavy atom. The highest BCUT2D eigenvalue weighted by molar-refractivity contribution is 6.08. The molecule has 2 aromatic rings. The maximum atomic E-state index is 12.8. The van der Waals surface area contributed by atoms with Crippen LogP contribution in [-0.4, -0.2) is 19.6 Å². The molecule has 0 saturated carbocycles. The predicted molar refractivity (Wildman–Crippen MR) is 85.9 cm³/mol. The number of aryl methyl sites for hydroxylation is 1. The van der Waals surface area contributed by atoms with Crippen molar-refractivity contribution in [1.82, 2.24) is 0 Å². The molecule has 2 aromatic carbocycles. The second-order valence-corrected chi connectivity index (χ2v) is 4.85. The maximum absolute atomic E-state index is 12.8. The van der Waals surface area contributed by atoms with Crippen LogP contribution in [0.25, 0.3) is 0 Å². The van der Waals surface area contributed by atoms with Crippen molar-refractivity contribution < 1.29 is 9.53 Å². The molecule has 0 fully saturated rings. The number of ether oxygens (including phenoxy) is 1. The Morgan fingerprint density at radius 1 is 1.24 bits per heavy atom. The minimum Gasteiger partial charge on any atom is -0.496 e. The first-order valence-electron chi connectivity index (χ1n) is 6.89. The average molecular weight is 284 g/mol. The number of methoxy groups -OCH3 is 1. The van der Waals surface area contributed by atoms with E-state index in [2.05, 4.69) is 0 Å². The van der Waals surface area contributed by atoms with Crippen molar-refractivity contribution in [2.75, 3.05) is 24.3 Å². The normalized spacial score (nSPS) is 10.2. The molecule has 110 valence electrons. The van der Waals surface area contributed by atoms with E-state index in [0.29, 0.717) is 23.5 Å². The number of anilines is 2. The Bertz CT molecular complexity index is 653. The molecule has 2 rings (SSSR count). The third-order valence-electron chi connectivity index (χ3n) is 3.33. The number of amides is 1. The van der Waals surface area contributed by atoms with Crippen LogP contribution >= 0.6 is 0 Å².